The molecule has 0 aliphatic carbocycles. The van der Waals surface area contributed by atoms with Crippen molar-refractivity contribution in [2.24, 2.45) is 0 Å². The van der Waals surface area contributed by atoms with E-state index in [1.165, 1.54) is 11.1 Å². The summed E-state index contributed by atoms with van der Waals surface area (Å²) in [6.45, 7) is 5.22. The Hall–Kier alpha value is -2.86. The van der Waals surface area contributed by atoms with Gasteiger partial charge in [-0.2, -0.15) is 0 Å². The van der Waals surface area contributed by atoms with Gasteiger partial charge in [-0.3, -0.25) is 9.69 Å². The van der Waals surface area contributed by atoms with Crippen molar-refractivity contribution in [3.63, 3.8) is 0 Å². The zero-order valence-electron chi connectivity index (χ0n) is 16.5. The van der Waals surface area contributed by atoms with Gasteiger partial charge in [0.15, 0.2) is 0 Å². The van der Waals surface area contributed by atoms with Crippen molar-refractivity contribution in [2.45, 2.75) is 32.4 Å². The number of amides is 1. The van der Waals surface area contributed by atoms with E-state index < -0.39 is 0 Å². The number of rotatable bonds is 5. The van der Waals surface area contributed by atoms with Crippen molar-refractivity contribution in [1.29, 1.82) is 0 Å². The van der Waals surface area contributed by atoms with E-state index in [0.717, 1.165) is 49.2 Å². The number of aryl methyl sites for hydroxylation is 1. The highest BCUT2D eigenvalue weighted by molar-refractivity contribution is 6.06. The van der Waals surface area contributed by atoms with Crippen LogP contribution in [-0.4, -0.2) is 47.0 Å². The number of H-pyrrole nitrogens is 1. The number of aromatic amines is 1. The number of carbonyl (C=O) groups excluding carboxylic acids is 1. The normalized spacial score (nSPS) is 15.6. The number of hydrogen-bond donors (Lipinski definition) is 3. The molecule has 0 bridgehead atoms. The first-order chi connectivity index (χ1) is 13.6. The third-order valence-electron chi connectivity index (χ3n) is 5.48. The average Bonchev–Trinajstić information content (AvgIpc) is 3.18. The highest BCUT2D eigenvalue weighted by atomic mass is 16.1. The molecule has 0 saturated carbocycles. The van der Waals surface area contributed by atoms with E-state index in [1.807, 2.05) is 12.3 Å². The Labute approximate surface area is 165 Å². The zero-order chi connectivity index (χ0) is 19.5. The molecule has 0 spiro atoms. The van der Waals surface area contributed by atoms with Gasteiger partial charge >= 0.3 is 0 Å². The number of pyridine rings is 1. The standard InChI is InChI=1S/C22H27N5O/c1-15-4-3-5-16(12-15)14-27-10-7-17(8-11-27)26-20-18-6-9-24-21(18)25-13-19(20)22(28)23-2/h3-6,9,12-13,17H,7-8,10-11,14H2,1-2H3,(H,23,28)(H2,24,25,26). The first-order valence-electron chi connectivity index (χ1n) is 9.86. The van der Waals surface area contributed by atoms with E-state index in [-0.39, 0.29) is 5.91 Å². The summed E-state index contributed by atoms with van der Waals surface area (Å²) < 4.78 is 0. The van der Waals surface area contributed by atoms with Gasteiger partial charge in [0.05, 0.1) is 11.3 Å². The van der Waals surface area contributed by atoms with Crippen molar-refractivity contribution < 1.29 is 4.79 Å². The largest absolute Gasteiger partial charge is 0.381 e. The first-order valence-corrected chi connectivity index (χ1v) is 9.86. The second kappa shape index (κ2) is 8.02. The number of nitrogens with zero attached hydrogens (tertiary/aromatic N) is 2. The monoisotopic (exact) mass is 377 g/mol. The van der Waals surface area contributed by atoms with Crippen LogP contribution in [0, 0.1) is 6.92 Å². The van der Waals surface area contributed by atoms with Crippen LogP contribution in [0.5, 0.6) is 0 Å². The summed E-state index contributed by atoms with van der Waals surface area (Å²) in [4.78, 5) is 22.3. The van der Waals surface area contributed by atoms with Crippen LogP contribution in [0.3, 0.4) is 0 Å². The third-order valence-corrected chi connectivity index (χ3v) is 5.48. The maximum Gasteiger partial charge on any atom is 0.254 e. The molecule has 4 rings (SSSR count). The molecule has 1 aliphatic heterocycles. The van der Waals surface area contributed by atoms with Crippen LogP contribution in [0.2, 0.25) is 0 Å². The second-order valence-corrected chi connectivity index (χ2v) is 7.55. The quantitative estimate of drug-likeness (QED) is 0.638. The van der Waals surface area contributed by atoms with Gasteiger partial charge in [-0.25, -0.2) is 4.98 Å². The highest BCUT2D eigenvalue weighted by Crippen LogP contribution is 2.28. The Morgan fingerprint density at radius 1 is 1.29 bits per heavy atom. The minimum absolute atomic E-state index is 0.116. The highest BCUT2D eigenvalue weighted by Gasteiger charge is 2.22. The topological polar surface area (TPSA) is 73.0 Å². The summed E-state index contributed by atoms with van der Waals surface area (Å²) in [5.74, 6) is -0.116. The Morgan fingerprint density at radius 3 is 2.86 bits per heavy atom. The first kappa shape index (κ1) is 18.5. The molecule has 2 aromatic heterocycles. The fourth-order valence-electron chi connectivity index (χ4n) is 3.98. The van der Waals surface area contributed by atoms with Gasteiger partial charge in [-0.15, -0.1) is 0 Å². The number of hydrogen-bond acceptors (Lipinski definition) is 4. The van der Waals surface area contributed by atoms with E-state index in [4.69, 9.17) is 0 Å². The summed E-state index contributed by atoms with van der Waals surface area (Å²) >= 11 is 0. The molecule has 146 valence electrons. The second-order valence-electron chi connectivity index (χ2n) is 7.55. The number of nitrogens with one attached hydrogen (secondary N) is 3. The molecule has 1 amide bonds. The summed E-state index contributed by atoms with van der Waals surface area (Å²) in [7, 11) is 1.65. The number of carbonyl (C=O) groups is 1. The van der Waals surface area contributed by atoms with Crippen molar-refractivity contribution >= 4 is 22.6 Å². The molecule has 1 saturated heterocycles. The fraction of sp³-hybridized carbons (Fsp3) is 0.364. The van der Waals surface area contributed by atoms with Crippen molar-refractivity contribution in [3.05, 3.63) is 59.4 Å². The molecule has 1 aromatic carbocycles. The molecule has 6 heteroatoms. The minimum atomic E-state index is -0.116. The van der Waals surface area contributed by atoms with E-state index in [2.05, 4.69) is 56.7 Å². The molecule has 3 aromatic rings. The minimum Gasteiger partial charge on any atom is -0.381 e. The average molecular weight is 377 g/mol. The smallest absolute Gasteiger partial charge is 0.254 e. The molecule has 3 heterocycles. The Balaban J connectivity index is 1.45. The van der Waals surface area contributed by atoms with E-state index >= 15 is 0 Å². The van der Waals surface area contributed by atoms with Gasteiger partial charge in [0.25, 0.3) is 5.91 Å². The molecule has 1 aliphatic rings. The van der Waals surface area contributed by atoms with Gasteiger partial charge in [-0.1, -0.05) is 29.8 Å². The molecular weight excluding hydrogens is 350 g/mol. The van der Waals surface area contributed by atoms with Crippen LogP contribution in [0.15, 0.2) is 42.7 Å². The summed E-state index contributed by atoms with van der Waals surface area (Å²) in [6, 6.07) is 11.1. The van der Waals surface area contributed by atoms with Crippen LogP contribution in [0.1, 0.15) is 34.3 Å². The fourth-order valence-corrected chi connectivity index (χ4v) is 3.98. The van der Waals surface area contributed by atoms with Crippen molar-refractivity contribution in [2.75, 3.05) is 25.5 Å². The Morgan fingerprint density at radius 2 is 2.11 bits per heavy atom. The summed E-state index contributed by atoms with van der Waals surface area (Å²) in [5, 5.41) is 7.32. The van der Waals surface area contributed by atoms with Gasteiger partial charge in [0.1, 0.15) is 5.65 Å². The van der Waals surface area contributed by atoms with E-state index in [0.29, 0.717) is 11.6 Å². The van der Waals surface area contributed by atoms with Gasteiger partial charge in [0.2, 0.25) is 0 Å². The summed E-state index contributed by atoms with van der Waals surface area (Å²) in [5.41, 5.74) is 4.95. The van der Waals surface area contributed by atoms with E-state index in [9.17, 15) is 4.79 Å². The number of likely N-dealkylation sites (tertiary alicyclic amines) is 1. The number of benzene rings is 1. The van der Waals surface area contributed by atoms with E-state index in [1.54, 1.807) is 13.2 Å². The molecule has 0 unspecified atom stereocenters. The predicted octanol–water partition coefficient (Wildman–Crippen LogP) is 3.31. The zero-order valence-corrected chi connectivity index (χ0v) is 16.5. The van der Waals surface area contributed by atoms with Gasteiger partial charge < -0.3 is 15.6 Å². The maximum atomic E-state index is 12.3. The van der Waals surface area contributed by atoms with Crippen LogP contribution in [0.25, 0.3) is 11.0 Å². The lowest BCUT2D eigenvalue weighted by Crippen LogP contribution is -2.39. The molecule has 0 atom stereocenters. The Kier molecular flexibility index (Phi) is 5.30. The molecule has 6 nitrogen and oxygen atoms in total. The van der Waals surface area contributed by atoms with Gasteiger partial charge in [-0.05, 0) is 31.4 Å². The predicted molar refractivity (Wildman–Crippen MR) is 113 cm³/mol. The van der Waals surface area contributed by atoms with Crippen LogP contribution in [0.4, 0.5) is 5.69 Å². The molecule has 0 radical (unpaired) electrons. The number of anilines is 1. The third kappa shape index (κ3) is 3.87. The SMILES string of the molecule is CNC(=O)c1cnc2[nH]ccc2c1NC1CCN(Cc2cccc(C)c2)CC1. The van der Waals surface area contributed by atoms with Crippen LogP contribution >= 0.6 is 0 Å². The molecule has 1 fully saturated rings. The molecule has 3 N–H and O–H groups in total. The van der Waals surface area contributed by atoms with Crippen molar-refractivity contribution in [1.82, 2.24) is 20.2 Å². The number of piperidine rings is 1. The van der Waals surface area contributed by atoms with Crippen LogP contribution < -0.4 is 10.6 Å². The Bertz CT molecular complexity index is 972. The lowest BCUT2D eigenvalue weighted by molar-refractivity contribution is 0.0963. The lowest BCUT2D eigenvalue weighted by atomic mass is 10.0. The van der Waals surface area contributed by atoms with Crippen LogP contribution in [-0.2, 0) is 6.54 Å². The molecule has 28 heavy (non-hydrogen) atoms. The number of aromatic nitrogens is 2. The number of fused-ring (bicyclic) bond motifs is 1. The molecular formula is C22H27N5O. The summed E-state index contributed by atoms with van der Waals surface area (Å²) in [6.07, 6.45) is 5.61. The maximum absolute atomic E-state index is 12.3. The van der Waals surface area contributed by atoms with Crippen molar-refractivity contribution in [3.8, 4) is 0 Å². The lowest BCUT2D eigenvalue weighted by Gasteiger charge is -2.33. The van der Waals surface area contributed by atoms with Gasteiger partial charge in [0, 0.05) is 50.5 Å².